The Morgan fingerprint density at radius 2 is 2.43 bits per heavy atom. The van der Waals surface area contributed by atoms with Crippen LogP contribution in [-0.2, 0) is 4.79 Å². The van der Waals surface area contributed by atoms with Crippen LogP contribution in [0.25, 0.3) is 0 Å². The molecule has 114 valence electrons. The average molecular weight is 324 g/mol. The van der Waals surface area contributed by atoms with E-state index in [4.69, 9.17) is 5.73 Å². The molecule has 0 spiro atoms. The Bertz CT molecular complexity index is 521. The molecule has 4 unspecified atom stereocenters. The molecule has 0 radical (unpaired) electrons. The van der Waals surface area contributed by atoms with E-state index >= 15 is 0 Å². The van der Waals surface area contributed by atoms with Crippen LogP contribution in [-0.4, -0.2) is 51.8 Å². The summed E-state index contributed by atoms with van der Waals surface area (Å²) in [6.07, 6.45) is 1.79. The molecule has 21 heavy (non-hydrogen) atoms. The number of hydrogen-bond acceptors (Lipinski definition) is 7. The number of rotatable bonds is 5. The van der Waals surface area contributed by atoms with Crippen molar-refractivity contribution in [3.05, 3.63) is 35.7 Å². The number of carbonyl (C=O) groups excluding carboxylic acids is 1. The Morgan fingerprint density at radius 1 is 1.67 bits per heavy atom. The number of aldehydes is 1. The van der Waals surface area contributed by atoms with Gasteiger partial charge in [-0.05, 0) is 5.41 Å². The first-order valence-electron chi connectivity index (χ1n) is 6.84. The van der Waals surface area contributed by atoms with Gasteiger partial charge in [-0.2, -0.15) is 0 Å². The molecule has 7 heteroatoms. The summed E-state index contributed by atoms with van der Waals surface area (Å²) >= 11 is 3.32. The van der Waals surface area contributed by atoms with E-state index in [9.17, 15) is 4.79 Å². The predicted molar refractivity (Wildman–Crippen MR) is 89.2 cm³/mol. The number of nitrogens with one attached hydrogen (secondary N) is 1. The van der Waals surface area contributed by atoms with Gasteiger partial charge in [-0.1, -0.05) is 24.9 Å². The summed E-state index contributed by atoms with van der Waals surface area (Å²) in [5.74, 6) is 0. The molecule has 0 aromatic rings. The van der Waals surface area contributed by atoms with Gasteiger partial charge >= 0.3 is 0 Å². The van der Waals surface area contributed by atoms with E-state index in [1.807, 2.05) is 7.05 Å². The Balaban J connectivity index is 1.54. The molecule has 2 saturated heterocycles. The summed E-state index contributed by atoms with van der Waals surface area (Å²) in [4.78, 5) is 15.2. The van der Waals surface area contributed by atoms with Gasteiger partial charge in [0.25, 0.3) is 0 Å². The largest absolute Gasteiger partial charge is 0.378 e. The van der Waals surface area contributed by atoms with Crippen LogP contribution in [0.5, 0.6) is 0 Å². The maximum atomic E-state index is 10.9. The van der Waals surface area contributed by atoms with Crippen LogP contribution in [0.3, 0.4) is 0 Å². The first-order valence-corrected chi connectivity index (χ1v) is 8.73. The van der Waals surface area contributed by atoms with Crippen molar-refractivity contribution in [1.29, 1.82) is 0 Å². The maximum absolute atomic E-state index is 10.9. The monoisotopic (exact) mass is 324 g/mol. The van der Waals surface area contributed by atoms with Crippen molar-refractivity contribution in [3.63, 3.8) is 0 Å². The van der Waals surface area contributed by atoms with Crippen LogP contribution in [0, 0.1) is 0 Å². The summed E-state index contributed by atoms with van der Waals surface area (Å²) < 4.78 is 0. The molecule has 0 aromatic heterocycles. The van der Waals surface area contributed by atoms with Gasteiger partial charge in [0.1, 0.15) is 17.2 Å². The highest BCUT2D eigenvalue weighted by Gasteiger charge is 2.49. The highest BCUT2D eigenvalue weighted by Crippen LogP contribution is 2.44. The predicted octanol–water partition coefficient (Wildman–Crippen LogP) is 1.08. The van der Waals surface area contributed by atoms with E-state index in [1.54, 1.807) is 23.5 Å². The van der Waals surface area contributed by atoms with Gasteiger partial charge < -0.3 is 25.6 Å². The van der Waals surface area contributed by atoms with Crippen LogP contribution in [0.1, 0.15) is 6.42 Å². The zero-order valence-corrected chi connectivity index (χ0v) is 13.6. The fraction of sp³-hybridized carbons (Fsp3) is 0.500. The lowest BCUT2D eigenvalue weighted by Gasteiger charge is -2.47. The molecule has 0 aliphatic carbocycles. The SMILES string of the molecule is C=C(CC1=CSC(N)N1C)NC1C(=C)N2CC(C=O)SC12. The van der Waals surface area contributed by atoms with Gasteiger partial charge in [0.15, 0.2) is 0 Å². The molecular weight excluding hydrogens is 304 g/mol. The third-order valence-corrected chi connectivity index (χ3v) is 6.51. The lowest BCUT2D eigenvalue weighted by molar-refractivity contribution is -0.107. The lowest BCUT2D eigenvalue weighted by Crippen LogP contribution is -2.58. The lowest BCUT2D eigenvalue weighted by atomic mass is 10.0. The number of thioether (sulfide) groups is 2. The van der Waals surface area contributed by atoms with Gasteiger partial charge in [-0.15, -0.1) is 11.8 Å². The van der Waals surface area contributed by atoms with Crippen molar-refractivity contribution in [2.24, 2.45) is 5.73 Å². The topological polar surface area (TPSA) is 61.6 Å². The zero-order chi connectivity index (χ0) is 15.1. The summed E-state index contributed by atoms with van der Waals surface area (Å²) in [5.41, 5.74) is 9.13. The van der Waals surface area contributed by atoms with E-state index < -0.39 is 0 Å². The Labute approximate surface area is 133 Å². The number of nitrogens with two attached hydrogens (primary N) is 1. The number of hydrogen-bond donors (Lipinski definition) is 2. The van der Waals surface area contributed by atoms with E-state index in [2.05, 4.69) is 33.7 Å². The molecule has 3 aliphatic rings. The van der Waals surface area contributed by atoms with E-state index in [0.29, 0.717) is 5.37 Å². The second-order valence-electron chi connectivity index (χ2n) is 5.49. The standard InChI is InChI=1S/C14H20N4OS2/c1-8(4-10-7-20-14(15)17(10)3)16-12-9(2)18-5-11(6-19)21-13(12)18/h6-7,11-14,16H,1-2,4-5,15H2,3H3. The average Bonchev–Trinajstić information content (AvgIpc) is 3.00. The summed E-state index contributed by atoms with van der Waals surface area (Å²) in [6, 6.07) is 0.182. The van der Waals surface area contributed by atoms with Gasteiger partial charge in [0.05, 0.1) is 11.3 Å². The molecule has 4 atom stereocenters. The molecule has 0 amide bonds. The van der Waals surface area contributed by atoms with Gasteiger partial charge in [-0.3, -0.25) is 0 Å². The second kappa shape index (κ2) is 5.62. The highest BCUT2D eigenvalue weighted by atomic mass is 32.2. The third kappa shape index (κ3) is 2.58. The Hall–Kier alpha value is -1.05. The van der Waals surface area contributed by atoms with Gasteiger partial charge in [0.2, 0.25) is 0 Å². The van der Waals surface area contributed by atoms with E-state index in [-0.39, 0.29) is 16.8 Å². The summed E-state index contributed by atoms with van der Waals surface area (Å²) in [6.45, 7) is 9.01. The molecule has 0 saturated carbocycles. The van der Waals surface area contributed by atoms with Crippen molar-refractivity contribution < 1.29 is 4.79 Å². The van der Waals surface area contributed by atoms with Crippen molar-refractivity contribution in [2.75, 3.05) is 13.6 Å². The molecule has 0 aromatic carbocycles. The van der Waals surface area contributed by atoms with Gasteiger partial charge in [0, 0.05) is 37.1 Å². The maximum Gasteiger partial charge on any atom is 0.134 e. The fourth-order valence-corrected chi connectivity index (χ4v) is 5.05. The first kappa shape index (κ1) is 14.9. The minimum Gasteiger partial charge on any atom is -0.378 e. The third-order valence-electron chi connectivity index (χ3n) is 4.10. The minimum atomic E-state index is 0.000645. The van der Waals surface area contributed by atoms with Crippen LogP contribution < -0.4 is 11.1 Å². The van der Waals surface area contributed by atoms with Crippen molar-refractivity contribution >= 4 is 29.8 Å². The molecule has 5 nitrogen and oxygen atoms in total. The first-order chi connectivity index (χ1) is 10.0. The number of carbonyl (C=O) groups is 1. The summed E-state index contributed by atoms with van der Waals surface area (Å²) in [7, 11) is 2.00. The Kier molecular flexibility index (Phi) is 3.98. The normalized spacial score (nSPS) is 34.4. The summed E-state index contributed by atoms with van der Waals surface area (Å²) in [5, 5.41) is 5.91. The van der Waals surface area contributed by atoms with Crippen molar-refractivity contribution in [3.8, 4) is 0 Å². The zero-order valence-electron chi connectivity index (χ0n) is 12.0. The van der Waals surface area contributed by atoms with Crippen LogP contribution in [0.4, 0.5) is 0 Å². The van der Waals surface area contributed by atoms with Crippen LogP contribution in [0.15, 0.2) is 35.7 Å². The number of fused-ring (bicyclic) bond motifs is 1. The van der Waals surface area contributed by atoms with Crippen LogP contribution in [0.2, 0.25) is 0 Å². The smallest absolute Gasteiger partial charge is 0.134 e. The molecule has 3 aliphatic heterocycles. The van der Waals surface area contributed by atoms with Crippen molar-refractivity contribution in [2.45, 2.75) is 28.6 Å². The van der Waals surface area contributed by atoms with Gasteiger partial charge in [-0.25, -0.2) is 0 Å². The number of nitrogens with zero attached hydrogens (tertiary/aromatic N) is 2. The second-order valence-corrected chi connectivity index (χ2v) is 7.85. The van der Waals surface area contributed by atoms with E-state index in [1.165, 1.54) is 5.70 Å². The fourth-order valence-electron chi connectivity index (χ4n) is 2.77. The molecule has 3 heterocycles. The van der Waals surface area contributed by atoms with Crippen molar-refractivity contribution in [1.82, 2.24) is 15.1 Å². The molecule has 0 bridgehead atoms. The highest BCUT2D eigenvalue weighted by molar-refractivity contribution is 8.02. The molecular formula is C14H20N4OS2. The quantitative estimate of drug-likeness (QED) is 0.734. The van der Waals surface area contributed by atoms with E-state index in [0.717, 1.165) is 30.6 Å². The Morgan fingerprint density at radius 3 is 3.05 bits per heavy atom. The molecule has 3 rings (SSSR count). The molecule has 2 fully saturated rings. The van der Waals surface area contributed by atoms with Crippen LogP contribution >= 0.6 is 23.5 Å². The minimum absolute atomic E-state index is 0.000645. The molecule has 3 N–H and O–H groups in total.